The predicted octanol–water partition coefficient (Wildman–Crippen LogP) is 4.34. The second kappa shape index (κ2) is 7.99. The van der Waals surface area contributed by atoms with Gasteiger partial charge in [-0.2, -0.15) is 5.10 Å². The molecular formula is C18H15BrN4S. The van der Waals surface area contributed by atoms with Crippen LogP contribution < -0.4 is 4.80 Å². The molecule has 0 fully saturated rings. The third-order valence-electron chi connectivity index (χ3n) is 3.15. The zero-order chi connectivity index (χ0) is 16.8. The highest BCUT2D eigenvalue weighted by molar-refractivity contribution is 9.10. The number of halogens is 1. The van der Waals surface area contributed by atoms with Crippen molar-refractivity contribution in [1.29, 1.82) is 0 Å². The van der Waals surface area contributed by atoms with Crippen molar-refractivity contribution < 1.29 is 0 Å². The van der Waals surface area contributed by atoms with Gasteiger partial charge < -0.3 is 0 Å². The van der Waals surface area contributed by atoms with Gasteiger partial charge in [0.15, 0.2) is 0 Å². The van der Waals surface area contributed by atoms with E-state index in [0.29, 0.717) is 6.54 Å². The lowest BCUT2D eigenvalue weighted by atomic mass is 10.2. The highest BCUT2D eigenvalue weighted by atomic mass is 79.9. The van der Waals surface area contributed by atoms with E-state index in [2.05, 4.69) is 55.1 Å². The molecule has 0 N–H and O–H groups in total. The molecule has 0 aliphatic carbocycles. The molecule has 120 valence electrons. The van der Waals surface area contributed by atoms with Crippen LogP contribution in [0.1, 0.15) is 5.69 Å². The Morgan fingerprint density at radius 2 is 2.17 bits per heavy atom. The summed E-state index contributed by atoms with van der Waals surface area (Å²) in [5.74, 6) is 0. The van der Waals surface area contributed by atoms with Gasteiger partial charge in [-0.25, -0.2) is 4.68 Å². The first-order valence-corrected chi connectivity index (χ1v) is 8.98. The van der Waals surface area contributed by atoms with Crippen molar-refractivity contribution in [2.75, 3.05) is 6.54 Å². The van der Waals surface area contributed by atoms with Gasteiger partial charge in [0.25, 0.3) is 0 Å². The van der Waals surface area contributed by atoms with Crippen LogP contribution in [-0.2, 0) is 0 Å². The van der Waals surface area contributed by atoms with Crippen LogP contribution in [0.5, 0.6) is 0 Å². The average Bonchev–Trinajstić information content (AvgIpc) is 3.02. The van der Waals surface area contributed by atoms with Crippen LogP contribution in [0.4, 0.5) is 0 Å². The average molecular weight is 399 g/mol. The Morgan fingerprint density at radius 1 is 1.25 bits per heavy atom. The Kier molecular flexibility index (Phi) is 5.51. The van der Waals surface area contributed by atoms with Crippen molar-refractivity contribution in [2.24, 2.45) is 10.1 Å². The predicted molar refractivity (Wildman–Crippen MR) is 103 cm³/mol. The largest absolute Gasteiger partial charge is 0.255 e. The molecule has 0 saturated heterocycles. The molecule has 0 aliphatic rings. The van der Waals surface area contributed by atoms with Crippen molar-refractivity contribution in [2.45, 2.75) is 0 Å². The van der Waals surface area contributed by atoms with Crippen LogP contribution in [0.15, 0.2) is 81.3 Å². The van der Waals surface area contributed by atoms with Gasteiger partial charge >= 0.3 is 0 Å². The highest BCUT2D eigenvalue weighted by Crippen LogP contribution is 2.23. The SMILES string of the molecule is C=CCN=c1scc(-c2cccc(Br)c2)n1N=Cc1ccccn1. The van der Waals surface area contributed by atoms with E-state index in [1.54, 1.807) is 29.8 Å². The fourth-order valence-electron chi connectivity index (χ4n) is 2.08. The van der Waals surface area contributed by atoms with E-state index in [1.807, 2.05) is 35.0 Å². The molecule has 2 heterocycles. The summed E-state index contributed by atoms with van der Waals surface area (Å²) in [6.45, 7) is 4.28. The molecule has 0 spiro atoms. The fourth-order valence-corrected chi connectivity index (χ4v) is 3.32. The second-order valence-corrected chi connectivity index (χ2v) is 6.61. The first-order valence-electron chi connectivity index (χ1n) is 7.31. The van der Waals surface area contributed by atoms with E-state index in [1.165, 1.54) is 0 Å². The third kappa shape index (κ3) is 3.96. The van der Waals surface area contributed by atoms with Crippen LogP contribution >= 0.6 is 27.3 Å². The molecule has 3 rings (SSSR count). The Morgan fingerprint density at radius 3 is 2.92 bits per heavy atom. The van der Waals surface area contributed by atoms with Gasteiger partial charge in [0.2, 0.25) is 4.80 Å². The molecular weight excluding hydrogens is 384 g/mol. The molecule has 2 aromatic heterocycles. The summed E-state index contributed by atoms with van der Waals surface area (Å²) < 4.78 is 2.86. The van der Waals surface area contributed by atoms with Crippen LogP contribution in [-0.4, -0.2) is 22.4 Å². The molecule has 3 aromatic rings. The maximum Gasteiger partial charge on any atom is 0.206 e. The van der Waals surface area contributed by atoms with Gasteiger partial charge in [0, 0.05) is 21.6 Å². The van der Waals surface area contributed by atoms with Gasteiger partial charge in [-0.15, -0.1) is 17.9 Å². The number of rotatable bonds is 5. The third-order valence-corrected chi connectivity index (χ3v) is 4.50. The molecule has 0 radical (unpaired) electrons. The van der Waals surface area contributed by atoms with Crippen molar-refractivity contribution in [3.63, 3.8) is 0 Å². The normalized spacial score (nSPS) is 12.0. The topological polar surface area (TPSA) is 42.5 Å². The van der Waals surface area contributed by atoms with Crippen molar-refractivity contribution in [1.82, 2.24) is 9.66 Å². The number of aromatic nitrogens is 2. The van der Waals surface area contributed by atoms with Crippen molar-refractivity contribution in [3.05, 3.63) is 81.7 Å². The van der Waals surface area contributed by atoms with E-state index < -0.39 is 0 Å². The summed E-state index contributed by atoms with van der Waals surface area (Å²) >= 11 is 5.07. The Hall–Kier alpha value is -2.31. The van der Waals surface area contributed by atoms with E-state index in [4.69, 9.17) is 0 Å². The number of pyridine rings is 1. The van der Waals surface area contributed by atoms with E-state index in [9.17, 15) is 0 Å². The lowest BCUT2D eigenvalue weighted by molar-refractivity contribution is 0.839. The lowest BCUT2D eigenvalue weighted by Crippen LogP contribution is -2.12. The molecule has 4 nitrogen and oxygen atoms in total. The van der Waals surface area contributed by atoms with Gasteiger partial charge in [0.05, 0.1) is 24.1 Å². The van der Waals surface area contributed by atoms with Crippen LogP contribution in [0.3, 0.4) is 0 Å². The van der Waals surface area contributed by atoms with Gasteiger partial charge in [-0.3, -0.25) is 9.98 Å². The molecule has 0 unspecified atom stereocenters. The molecule has 0 atom stereocenters. The number of benzene rings is 1. The highest BCUT2D eigenvalue weighted by Gasteiger charge is 2.07. The Bertz CT molecular complexity index is 925. The Labute approximate surface area is 152 Å². The maximum atomic E-state index is 4.59. The number of nitrogens with zero attached hydrogens (tertiary/aromatic N) is 4. The summed E-state index contributed by atoms with van der Waals surface area (Å²) in [5, 5.41) is 6.65. The first kappa shape index (κ1) is 16.5. The molecule has 0 saturated carbocycles. The molecule has 6 heteroatoms. The van der Waals surface area contributed by atoms with Crippen molar-refractivity contribution in [3.8, 4) is 11.3 Å². The minimum atomic E-state index is 0.553. The van der Waals surface area contributed by atoms with Crippen LogP contribution in [0.25, 0.3) is 11.3 Å². The quantitative estimate of drug-likeness (QED) is 0.465. The standard InChI is InChI=1S/C18H15BrN4S/c1-2-9-21-18-23(22-12-16-8-3-4-10-20-16)17(13-24-18)14-6-5-7-15(19)11-14/h2-8,10-13H,1,9H2. The molecule has 0 aliphatic heterocycles. The Balaban J connectivity index is 2.08. The molecule has 0 amide bonds. The monoisotopic (exact) mass is 398 g/mol. The summed E-state index contributed by atoms with van der Waals surface area (Å²) in [6, 6.07) is 13.8. The number of hydrogen-bond donors (Lipinski definition) is 0. The first-order chi connectivity index (χ1) is 11.8. The summed E-state index contributed by atoms with van der Waals surface area (Å²) in [4.78, 5) is 9.61. The number of hydrogen-bond acceptors (Lipinski definition) is 4. The van der Waals surface area contributed by atoms with Crippen LogP contribution in [0.2, 0.25) is 0 Å². The second-order valence-electron chi connectivity index (χ2n) is 4.85. The van der Waals surface area contributed by atoms with E-state index in [-0.39, 0.29) is 0 Å². The van der Waals surface area contributed by atoms with Crippen molar-refractivity contribution >= 4 is 33.5 Å². The summed E-state index contributed by atoms with van der Waals surface area (Å²) in [7, 11) is 0. The lowest BCUT2D eigenvalue weighted by Gasteiger charge is -2.04. The minimum Gasteiger partial charge on any atom is -0.255 e. The summed E-state index contributed by atoms with van der Waals surface area (Å²) in [5.41, 5.74) is 2.85. The summed E-state index contributed by atoms with van der Waals surface area (Å²) in [6.07, 6.45) is 5.25. The van der Waals surface area contributed by atoms with Gasteiger partial charge in [-0.05, 0) is 24.3 Å². The van der Waals surface area contributed by atoms with Crippen LogP contribution in [0, 0.1) is 0 Å². The molecule has 24 heavy (non-hydrogen) atoms. The number of thiazole rings is 1. The van der Waals surface area contributed by atoms with E-state index >= 15 is 0 Å². The maximum absolute atomic E-state index is 4.59. The zero-order valence-electron chi connectivity index (χ0n) is 12.8. The molecule has 0 bridgehead atoms. The fraction of sp³-hybridized carbons (Fsp3) is 0.0556. The zero-order valence-corrected chi connectivity index (χ0v) is 15.2. The molecule has 1 aromatic carbocycles. The van der Waals surface area contributed by atoms with Gasteiger partial charge in [-0.1, -0.05) is 40.2 Å². The minimum absolute atomic E-state index is 0.553. The van der Waals surface area contributed by atoms with Gasteiger partial charge in [0.1, 0.15) is 0 Å². The van der Waals surface area contributed by atoms with E-state index in [0.717, 1.165) is 26.2 Å². The smallest absolute Gasteiger partial charge is 0.206 e.